The van der Waals surface area contributed by atoms with Gasteiger partial charge in [0, 0.05) is 6.42 Å². The van der Waals surface area contributed by atoms with Crippen molar-refractivity contribution in [1.29, 1.82) is 0 Å². The lowest BCUT2D eigenvalue weighted by Crippen LogP contribution is -2.50. The molecule has 1 amide bonds. The molecule has 0 radical (unpaired) electrons. The lowest BCUT2D eigenvalue weighted by atomic mass is 9.94. The van der Waals surface area contributed by atoms with E-state index in [0.717, 1.165) is 24.2 Å². The van der Waals surface area contributed by atoms with Gasteiger partial charge in [-0.05, 0) is 49.3 Å². The van der Waals surface area contributed by atoms with Crippen LogP contribution in [0.1, 0.15) is 44.6 Å². The monoisotopic (exact) mass is 291 g/mol. The smallest absolute Gasteiger partial charge is 0.221 e. The van der Waals surface area contributed by atoms with Gasteiger partial charge in [-0.1, -0.05) is 19.1 Å². The molecule has 1 aliphatic carbocycles. The fourth-order valence-electron chi connectivity index (χ4n) is 2.70. The van der Waals surface area contributed by atoms with Crippen molar-refractivity contribution in [2.75, 3.05) is 13.7 Å². The minimum absolute atomic E-state index is 0.00303. The van der Waals surface area contributed by atoms with Gasteiger partial charge < -0.3 is 15.2 Å². The Bertz CT molecular complexity index is 499. The average Bonchev–Trinajstić information content (AvgIpc) is 3.32. The molecule has 2 atom stereocenters. The first-order valence-corrected chi connectivity index (χ1v) is 7.54. The largest absolute Gasteiger partial charge is 0.497 e. The third kappa shape index (κ3) is 3.97. The molecule has 0 aliphatic heterocycles. The van der Waals surface area contributed by atoms with Gasteiger partial charge in [0.2, 0.25) is 5.91 Å². The topological polar surface area (TPSA) is 58.6 Å². The van der Waals surface area contributed by atoms with Crippen molar-refractivity contribution < 1.29 is 14.6 Å². The van der Waals surface area contributed by atoms with Gasteiger partial charge in [-0.25, -0.2) is 0 Å². The van der Waals surface area contributed by atoms with Crippen molar-refractivity contribution >= 4 is 5.91 Å². The number of amides is 1. The minimum atomic E-state index is -0.467. The molecule has 0 bridgehead atoms. The van der Waals surface area contributed by atoms with E-state index >= 15 is 0 Å². The van der Waals surface area contributed by atoms with Crippen LogP contribution in [0.3, 0.4) is 0 Å². The Morgan fingerprint density at radius 1 is 1.52 bits per heavy atom. The van der Waals surface area contributed by atoms with E-state index in [1.807, 2.05) is 38.1 Å². The molecule has 2 rings (SSSR count). The zero-order valence-electron chi connectivity index (χ0n) is 13.1. The Hall–Kier alpha value is -1.55. The number of rotatable bonds is 7. The molecule has 1 saturated carbocycles. The van der Waals surface area contributed by atoms with E-state index in [0.29, 0.717) is 12.3 Å². The molecule has 1 aromatic carbocycles. The number of nitrogens with one attached hydrogen (secondary N) is 1. The molecule has 0 aromatic heterocycles. The summed E-state index contributed by atoms with van der Waals surface area (Å²) in [5.41, 5.74) is 0.618. The second-order valence-corrected chi connectivity index (χ2v) is 6.28. The van der Waals surface area contributed by atoms with E-state index in [1.165, 1.54) is 0 Å². The molecule has 4 heteroatoms. The molecular weight excluding hydrogens is 266 g/mol. The van der Waals surface area contributed by atoms with Gasteiger partial charge in [-0.3, -0.25) is 4.79 Å². The van der Waals surface area contributed by atoms with Crippen molar-refractivity contribution in [1.82, 2.24) is 5.32 Å². The van der Waals surface area contributed by atoms with Gasteiger partial charge >= 0.3 is 0 Å². The number of aliphatic hydroxyl groups excluding tert-OH is 1. The van der Waals surface area contributed by atoms with Crippen molar-refractivity contribution in [3.05, 3.63) is 29.8 Å². The van der Waals surface area contributed by atoms with Crippen LogP contribution in [0.4, 0.5) is 0 Å². The first kappa shape index (κ1) is 15.8. The SMILES string of the molecule is COc1cccc(C(C)CC(=O)NC(C)(CO)C2CC2)c1. The van der Waals surface area contributed by atoms with E-state index in [9.17, 15) is 9.90 Å². The van der Waals surface area contributed by atoms with Crippen molar-refractivity contribution in [2.24, 2.45) is 5.92 Å². The zero-order chi connectivity index (χ0) is 15.5. The summed E-state index contributed by atoms with van der Waals surface area (Å²) >= 11 is 0. The van der Waals surface area contributed by atoms with Gasteiger partial charge in [0.1, 0.15) is 5.75 Å². The summed E-state index contributed by atoms with van der Waals surface area (Å²) in [5.74, 6) is 1.33. The highest BCUT2D eigenvalue weighted by Crippen LogP contribution is 2.39. The molecular formula is C17H25NO3. The highest BCUT2D eigenvalue weighted by atomic mass is 16.5. The summed E-state index contributed by atoms with van der Waals surface area (Å²) in [5, 5.41) is 12.5. The second kappa shape index (κ2) is 6.48. The molecule has 1 aliphatic rings. The van der Waals surface area contributed by atoms with Gasteiger partial charge in [0.05, 0.1) is 19.3 Å². The number of hydrogen-bond donors (Lipinski definition) is 2. The lowest BCUT2D eigenvalue weighted by Gasteiger charge is -2.29. The van der Waals surface area contributed by atoms with Crippen LogP contribution in [-0.2, 0) is 4.79 Å². The quantitative estimate of drug-likeness (QED) is 0.811. The fourth-order valence-corrected chi connectivity index (χ4v) is 2.70. The molecule has 1 aromatic rings. The van der Waals surface area contributed by atoms with Crippen molar-refractivity contribution in [2.45, 2.75) is 44.6 Å². The van der Waals surface area contributed by atoms with E-state index < -0.39 is 5.54 Å². The van der Waals surface area contributed by atoms with Crippen LogP contribution in [-0.4, -0.2) is 30.3 Å². The highest BCUT2D eigenvalue weighted by molar-refractivity contribution is 5.77. The van der Waals surface area contributed by atoms with Crippen LogP contribution in [0.5, 0.6) is 5.75 Å². The van der Waals surface area contributed by atoms with E-state index in [4.69, 9.17) is 4.74 Å². The molecule has 116 valence electrons. The Balaban J connectivity index is 1.95. The van der Waals surface area contributed by atoms with E-state index in [1.54, 1.807) is 7.11 Å². The third-order valence-electron chi connectivity index (χ3n) is 4.39. The fraction of sp³-hybridized carbons (Fsp3) is 0.588. The molecule has 2 N–H and O–H groups in total. The normalized spacial score (nSPS) is 18.7. The average molecular weight is 291 g/mol. The summed E-state index contributed by atoms with van der Waals surface area (Å²) in [7, 11) is 1.64. The molecule has 1 fully saturated rings. The number of aliphatic hydroxyl groups is 1. The maximum absolute atomic E-state index is 12.2. The number of carbonyl (C=O) groups excluding carboxylic acids is 1. The Morgan fingerprint density at radius 3 is 2.81 bits per heavy atom. The summed E-state index contributed by atoms with van der Waals surface area (Å²) in [6, 6.07) is 7.80. The van der Waals surface area contributed by atoms with Gasteiger partial charge in [0.25, 0.3) is 0 Å². The zero-order valence-corrected chi connectivity index (χ0v) is 13.1. The minimum Gasteiger partial charge on any atom is -0.497 e. The summed E-state index contributed by atoms with van der Waals surface area (Å²) in [6.45, 7) is 3.96. The van der Waals surface area contributed by atoms with E-state index in [-0.39, 0.29) is 18.4 Å². The summed E-state index contributed by atoms with van der Waals surface area (Å²) in [6.07, 6.45) is 2.58. The molecule has 0 heterocycles. The standard InChI is InChI=1S/C17H25NO3/c1-12(13-5-4-6-15(10-13)21-3)9-16(20)18-17(2,11-19)14-7-8-14/h4-6,10,12,14,19H,7-9,11H2,1-3H3,(H,18,20). The highest BCUT2D eigenvalue weighted by Gasteiger charge is 2.42. The lowest BCUT2D eigenvalue weighted by molar-refractivity contribution is -0.124. The van der Waals surface area contributed by atoms with Crippen LogP contribution in [0.25, 0.3) is 0 Å². The third-order valence-corrected chi connectivity index (χ3v) is 4.39. The molecule has 0 spiro atoms. The molecule has 0 saturated heterocycles. The first-order valence-electron chi connectivity index (χ1n) is 7.54. The molecule has 4 nitrogen and oxygen atoms in total. The predicted octanol–water partition coefficient (Wildman–Crippen LogP) is 2.47. The van der Waals surface area contributed by atoms with Crippen LogP contribution in [0.2, 0.25) is 0 Å². The summed E-state index contributed by atoms with van der Waals surface area (Å²) in [4.78, 5) is 12.2. The Labute approximate surface area is 126 Å². The van der Waals surface area contributed by atoms with E-state index in [2.05, 4.69) is 5.32 Å². The maximum atomic E-state index is 12.2. The number of ether oxygens (including phenoxy) is 1. The number of methoxy groups -OCH3 is 1. The maximum Gasteiger partial charge on any atom is 0.221 e. The molecule has 21 heavy (non-hydrogen) atoms. The number of carbonyl (C=O) groups is 1. The van der Waals surface area contributed by atoms with Gasteiger partial charge in [-0.15, -0.1) is 0 Å². The van der Waals surface area contributed by atoms with Crippen LogP contribution < -0.4 is 10.1 Å². The summed E-state index contributed by atoms with van der Waals surface area (Å²) < 4.78 is 5.21. The van der Waals surface area contributed by atoms with Crippen LogP contribution in [0.15, 0.2) is 24.3 Å². The van der Waals surface area contributed by atoms with Crippen LogP contribution >= 0.6 is 0 Å². The van der Waals surface area contributed by atoms with Crippen molar-refractivity contribution in [3.8, 4) is 5.75 Å². The first-order chi connectivity index (χ1) is 9.98. The molecule has 2 unspecified atom stereocenters. The second-order valence-electron chi connectivity index (χ2n) is 6.28. The Kier molecular flexibility index (Phi) is 4.88. The number of benzene rings is 1. The van der Waals surface area contributed by atoms with Gasteiger partial charge in [-0.2, -0.15) is 0 Å². The van der Waals surface area contributed by atoms with Crippen LogP contribution in [0, 0.1) is 5.92 Å². The van der Waals surface area contributed by atoms with Gasteiger partial charge in [0.15, 0.2) is 0 Å². The predicted molar refractivity (Wildman–Crippen MR) is 82.4 cm³/mol. The number of hydrogen-bond acceptors (Lipinski definition) is 3. The Morgan fingerprint density at radius 2 is 2.24 bits per heavy atom. The van der Waals surface area contributed by atoms with Crippen molar-refractivity contribution in [3.63, 3.8) is 0 Å².